The summed E-state index contributed by atoms with van der Waals surface area (Å²) in [7, 11) is 2.03. The second kappa shape index (κ2) is 3.25. The number of nitrogens with one attached hydrogen (secondary N) is 1. The van der Waals surface area contributed by atoms with Crippen LogP contribution in [0.5, 0.6) is 0 Å². The molecule has 0 aliphatic carbocycles. The number of carbonyl (C=O) groups is 1. The van der Waals surface area contributed by atoms with E-state index in [0.29, 0.717) is 11.8 Å². The number of hydrogen-bond acceptors (Lipinski definition) is 3. The number of rotatable bonds is 2. The Hall–Kier alpha value is -0.220. The molecule has 1 rings (SSSR count). The summed E-state index contributed by atoms with van der Waals surface area (Å²) in [5.41, 5.74) is 0. The van der Waals surface area contributed by atoms with Gasteiger partial charge in [-0.2, -0.15) is 12.6 Å². The maximum atomic E-state index is 10.7. The lowest BCUT2D eigenvalue weighted by atomic mass is 10.1. The molecule has 10 heavy (non-hydrogen) atoms. The van der Waals surface area contributed by atoms with E-state index < -0.39 is 0 Å². The summed E-state index contributed by atoms with van der Waals surface area (Å²) in [6.45, 7) is 1.94. The van der Waals surface area contributed by atoms with Crippen molar-refractivity contribution in [3.63, 3.8) is 0 Å². The molecular weight excluding hydrogens is 148 g/mol. The molecule has 1 aliphatic rings. The van der Waals surface area contributed by atoms with Crippen molar-refractivity contribution < 1.29 is 4.79 Å². The van der Waals surface area contributed by atoms with E-state index >= 15 is 0 Å². The number of thiol groups is 1. The molecular formula is C6H12N2OS. The van der Waals surface area contributed by atoms with Gasteiger partial charge in [-0.3, -0.25) is 4.79 Å². The van der Waals surface area contributed by atoms with Crippen LogP contribution in [0.2, 0.25) is 0 Å². The van der Waals surface area contributed by atoms with E-state index in [0.717, 1.165) is 13.1 Å². The van der Waals surface area contributed by atoms with Crippen LogP contribution in [0, 0.1) is 0 Å². The van der Waals surface area contributed by atoms with Crippen LogP contribution in [0.3, 0.4) is 0 Å². The van der Waals surface area contributed by atoms with Gasteiger partial charge in [0.15, 0.2) is 0 Å². The number of hydrogen-bond donors (Lipinski definition) is 2. The van der Waals surface area contributed by atoms with Crippen molar-refractivity contribution in [2.24, 2.45) is 0 Å². The molecule has 1 aliphatic heterocycles. The zero-order chi connectivity index (χ0) is 7.56. The molecule has 0 aromatic heterocycles. The Balaban J connectivity index is 2.10. The van der Waals surface area contributed by atoms with Gasteiger partial charge in [-0.1, -0.05) is 0 Å². The van der Waals surface area contributed by atoms with Gasteiger partial charge in [0.05, 0.1) is 11.8 Å². The molecule has 1 fully saturated rings. The van der Waals surface area contributed by atoms with E-state index in [2.05, 4.69) is 22.8 Å². The maximum absolute atomic E-state index is 10.7. The third kappa shape index (κ3) is 1.88. The van der Waals surface area contributed by atoms with Crippen molar-refractivity contribution in [1.82, 2.24) is 10.2 Å². The third-order valence-electron chi connectivity index (χ3n) is 1.57. The summed E-state index contributed by atoms with van der Waals surface area (Å²) in [5.74, 6) is 0.321. The van der Waals surface area contributed by atoms with Crippen LogP contribution in [0.1, 0.15) is 0 Å². The van der Waals surface area contributed by atoms with Crippen LogP contribution in [-0.2, 0) is 4.79 Å². The largest absolute Gasteiger partial charge is 0.350 e. The molecule has 1 amide bonds. The maximum Gasteiger partial charge on any atom is 0.230 e. The van der Waals surface area contributed by atoms with Gasteiger partial charge in [-0.25, -0.2) is 0 Å². The summed E-state index contributed by atoms with van der Waals surface area (Å²) in [6, 6.07) is 0.365. The molecule has 0 spiro atoms. The number of likely N-dealkylation sites (tertiary alicyclic amines) is 1. The fraction of sp³-hybridized carbons (Fsp3) is 0.833. The van der Waals surface area contributed by atoms with E-state index in [1.807, 2.05) is 7.05 Å². The SMILES string of the molecule is CN1CC(NC(=O)CS)C1. The fourth-order valence-electron chi connectivity index (χ4n) is 1.06. The van der Waals surface area contributed by atoms with Gasteiger partial charge < -0.3 is 10.2 Å². The van der Waals surface area contributed by atoms with Crippen LogP contribution in [0.4, 0.5) is 0 Å². The first-order valence-electron chi connectivity index (χ1n) is 3.31. The molecule has 1 heterocycles. The molecule has 0 bridgehead atoms. The van der Waals surface area contributed by atoms with Gasteiger partial charge in [0.1, 0.15) is 0 Å². The Morgan fingerprint density at radius 1 is 1.80 bits per heavy atom. The molecule has 0 saturated carbocycles. The summed E-state index contributed by atoms with van der Waals surface area (Å²) < 4.78 is 0. The number of nitrogens with zero attached hydrogens (tertiary/aromatic N) is 1. The summed E-state index contributed by atoms with van der Waals surface area (Å²) in [4.78, 5) is 12.9. The Morgan fingerprint density at radius 2 is 2.40 bits per heavy atom. The highest BCUT2D eigenvalue weighted by molar-refractivity contribution is 7.81. The lowest BCUT2D eigenvalue weighted by Gasteiger charge is -2.36. The first-order chi connectivity index (χ1) is 4.72. The first-order valence-corrected chi connectivity index (χ1v) is 3.94. The Labute approximate surface area is 66.2 Å². The zero-order valence-electron chi connectivity index (χ0n) is 6.00. The van der Waals surface area contributed by atoms with Gasteiger partial charge in [-0.05, 0) is 7.05 Å². The predicted molar refractivity (Wildman–Crippen MR) is 43.3 cm³/mol. The average Bonchev–Trinajstić information content (AvgIpc) is 1.84. The van der Waals surface area contributed by atoms with E-state index in [4.69, 9.17) is 0 Å². The molecule has 0 atom stereocenters. The molecule has 0 radical (unpaired) electrons. The van der Waals surface area contributed by atoms with Crippen molar-refractivity contribution in [3.8, 4) is 0 Å². The van der Waals surface area contributed by atoms with E-state index in [1.165, 1.54) is 0 Å². The standard InChI is InChI=1S/C6H12N2OS/c1-8-2-5(3-8)7-6(9)4-10/h5,10H,2-4H2,1H3,(H,7,9). The fourth-order valence-corrected chi connectivity index (χ4v) is 1.15. The highest BCUT2D eigenvalue weighted by Crippen LogP contribution is 2.02. The summed E-state index contributed by atoms with van der Waals surface area (Å²) in [5, 5.41) is 2.84. The quantitative estimate of drug-likeness (QED) is 0.526. The minimum Gasteiger partial charge on any atom is -0.350 e. The zero-order valence-corrected chi connectivity index (χ0v) is 6.90. The van der Waals surface area contributed by atoms with Crippen molar-refractivity contribution in [2.45, 2.75) is 6.04 Å². The van der Waals surface area contributed by atoms with Gasteiger partial charge >= 0.3 is 0 Å². The molecule has 4 heteroatoms. The molecule has 1 N–H and O–H groups in total. The molecule has 58 valence electrons. The van der Waals surface area contributed by atoms with Crippen molar-refractivity contribution in [1.29, 1.82) is 0 Å². The Bertz CT molecular complexity index is 134. The lowest BCUT2D eigenvalue weighted by Crippen LogP contribution is -2.57. The highest BCUT2D eigenvalue weighted by atomic mass is 32.1. The molecule has 1 saturated heterocycles. The van der Waals surface area contributed by atoms with Gasteiger partial charge in [0.2, 0.25) is 5.91 Å². The number of amides is 1. The topological polar surface area (TPSA) is 32.3 Å². The van der Waals surface area contributed by atoms with E-state index in [9.17, 15) is 4.79 Å². The lowest BCUT2D eigenvalue weighted by molar-refractivity contribution is -0.120. The second-order valence-electron chi connectivity index (χ2n) is 2.64. The summed E-state index contributed by atoms with van der Waals surface area (Å²) in [6.07, 6.45) is 0. The Morgan fingerprint density at radius 3 is 2.80 bits per heavy atom. The van der Waals surface area contributed by atoms with Crippen LogP contribution in [-0.4, -0.2) is 42.7 Å². The van der Waals surface area contributed by atoms with Crippen molar-refractivity contribution in [2.75, 3.05) is 25.9 Å². The van der Waals surface area contributed by atoms with E-state index in [-0.39, 0.29) is 5.91 Å². The number of likely N-dealkylation sites (N-methyl/N-ethyl adjacent to an activating group) is 1. The predicted octanol–water partition coefficient (Wildman–Crippen LogP) is -0.654. The molecule has 0 unspecified atom stereocenters. The minimum absolute atomic E-state index is 0.0291. The van der Waals surface area contributed by atoms with Gasteiger partial charge in [0.25, 0.3) is 0 Å². The molecule has 0 aromatic rings. The van der Waals surface area contributed by atoms with Gasteiger partial charge in [-0.15, -0.1) is 0 Å². The third-order valence-corrected chi connectivity index (χ3v) is 1.86. The van der Waals surface area contributed by atoms with E-state index in [1.54, 1.807) is 0 Å². The normalized spacial score (nSPS) is 20.2. The van der Waals surface area contributed by atoms with Crippen LogP contribution >= 0.6 is 12.6 Å². The van der Waals surface area contributed by atoms with Gasteiger partial charge in [0, 0.05) is 13.1 Å². The minimum atomic E-state index is 0.0291. The summed E-state index contributed by atoms with van der Waals surface area (Å²) >= 11 is 3.85. The molecule has 3 nitrogen and oxygen atoms in total. The second-order valence-corrected chi connectivity index (χ2v) is 2.96. The smallest absolute Gasteiger partial charge is 0.230 e. The average molecular weight is 160 g/mol. The number of carbonyl (C=O) groups excluding carboxylic acids is 1. The monoisotopic (exact) mass is 160 g/mol. The van der Waals surface area contributed by atoms with Crippen LogP contribution in [0.25, 0.3) is 0 Å². The van der Waals surface area contributed by atoms with Crippen molar-refractivity contribution >= 4 is 18.5 Å². The van der Waals surface area contributed by atoms with Crippen LogP contribution < -0.4 is 5.32 Å². The van der Waals surface area contributed by atoms with Crippen LogP contribution in [0.15, 0.2) is 0 Å². The van der Waals surface area contributed by atoms with Crippen molar-refractivity contribution in [3.05, 3.63) is 0 Å². The molecule has 0 aromatic carbocycles. The first kappa shape index (κ1) is 7.88. The highest BCUT2D eigenvalue weighted by Gasteiger charge is 2.23. The Kier molecular flexibility index (Phi) is 2.56.